The van der Waals surface area contributed by atoms with Gasteiger partial charge < -0.3 is 4.74 Å². The van der Waals surface area contributed by atoms with Gasteiger partial charge in [-0.25, -0.2) is 0 Å². The molecule has 0 amide bonds. The van der Waals surface area contributed by atoms with Crippen LogP contribution < -0.4 is 0 Å². The molecule has 14 heavy (non-hydrogen) atoms. The zero-order valence-electron chi connectivity index (χ0n) is 8.79. The van der Waals surface area contributed by atoms with E-state index in [-0.39, 0.29) is 6.10 Å². The van der Waals surface area contributed by atoms with Gasteiger partial charge in [-0.3, -0.25) is 0 Å². The topological polar surface area (TPSA) is 9.23 Å². The predicted octanol–water partition coefficient (Wildman–Crippen LogP) is 4.33. The van der Waals surface area contributed by atoms with Crippen LogP contribution in [0, 0.1) is 0 Å². The van der Waals surface area contributed by atoms with Crippen LogP contribution in [0.5, 0.6) is 0 Å². The minimum atomic E-state index is 0.203. The van der Waals surface area contributed by atoms with Crippen molar-refractivity contribution in [3.63, 3.8) is 0 Å². The van der Waals surface area contributed by atoms with E-state index in [0.717, 1.165) is 17.5 Å². The van der Waals surface area contributed by atoms with Crippen LogP contribution in [0.15, 0.2) is 28.7 Å². The summed E-state index contributed by atoms with van der Waals surface area (Å²) in [6.07, 6.45) is 2.53. The molecule has 0 N–H and O–H groups in total. The Morgan fingerprint density at radius 2 is 1.93 bits per heavy atom. The average molecular weight is 257 g/mol. The van der Waals surface area contributed by atoms with Crippen LogP contribution in [0.1, 0.15) is 38.4 Å². The van der Waals surface area contributed by atoms with Crippen molar-refractivity contribution in [3.8, 4) is 0 Å². The van der Waals surface area contributed by atoms with E-state index in [1.54, 1.807) is 0 Å². The van der Waals surface area contributed by atoms with Gasteiger partial charge in [0.15, 0.2) is 0 Å². The number of halogens is 1. The Morgan fingerprint density at radius 3 is 2.50 bits per heavy atom. The fraction of sp³-hybridized carbons (Fsp3) is 0.500. The van der Waals surface area contributed by atoms with Gasteiger partial charge in [0, 0.05) is 11.1 Å². The largest absolute Gasteiger partial charge is 0.374 e. The van der Waals surface area contributed by atoms with Crippen LogP contribution >= 0.6 is 15.9 Å². The first-order valence-corrected chi connectivity index (χ1v) is 5.90. The molecular formula is C12H17BrO. The monoisotopic (exact) mass is 256 g/mol. The van der Waals surface area contributed by atoms with Crippen molar-refractivity contribution in [1.29, 1.82) is 0 Å². The molecule has 0 aliphatic heterocycles. The fourth-order valence-electron chi connectivity index (χ4n) is 1.23. The summed E-state index contributed by atoms with van der Waals surface area (Å²) >= 11 is 3.42. The maximum atomic E-state index is 5.69. The highest BCUT2D eigenvalue weighted by Crippen LogP contribution is 2.19. The van der Waals surface area contributed by atoms with Crippen molar-refractivity contribution in [1.82, 2.24) is 0 Å². The average Bonchev–Trinajstić information content (AvgIpc) is 2.19. The molecule has 2 heteroatoms. The highest BCUT2D eigenvalue weighted by atomic mass is 79.9. The lowest BCUT2D eigenvalue weighted by molar-refractivity contribution is 0.0637. The van der Waals surface area contributed by atoms with Crippen molar-refractivity contribution < 1.29 is 4.74 Å². The number of hydrogen-bond acceptors (Lipinski definition) is 1. The summed E-state index contributed by atoms with van der Waals surface area (Å²) in [5.74, 6) is 0. The zero-order chi connectivity index (χ0) is 10.4. The molecule has 0 spiro atoms. The first kappa shape index (κ1) is 11.7. The van der Waals surface area contributed by atoms with Gasteiger partial charge >= 0.3 is 0 Å². The number of ether oxygens (including phenoxy) is 1. The molecule has 1 atom stereocenters. The van der Waals surface area contributed by atoms with Crippen molar-refractivity contribution in [2.75, 3.05) is 6.61 Å². The van der Waals surface area contributed by atoms with Crippen LogP contribution in [-0.4, -0.2) is 6.61 Å². The minimum Gasteiger partial charge on any atom is -0.374 e. The summed E-state index contributed by atoms with van der Waals surface area (Å²) in [5.41, 5.74) is 1.24. The second-order valence-electron chi connectivity index (χ2n) is 3.42. The molecule has 1 nitrogen and oxygen atoms in total. The Hall–Kier alpha value is -0.340. The van der Waals surface area contributed by atoms with Gasteiger partial charge in [-0.1, -0.05) is 41.4 Å². The molecule has 0 saturated carbocycles. The zero-order valence-corrected chi connectivity index (χ0v) is 10.4. The molecule has 1 aromatic rings. The number of rotatable bonds is 5. The summed E-state index contributed by atoms with van der Waals surface area (Å²) in [6.45, 7) is 5.13. The van der Waals surface area contributed by atoms with Gasteiger partial charge in [-0.15, -0.1) is 0 Å². The van der Waals surface area contributed by atoms with Gasteiger partial charge in [-0.2, -0.15) is 0 Å². The molecule has 0 bridgehead atoms. The van der Waals surface area contributed by atoms with E-state index in [2.05, 4.69) is 54.0 Å². The lowest BCUT2D eigenvalue weighted by Crippen LogP contribution is -2.01. The van der Waals surface area contributed by atoms with Gasteiger partial charge in [-0.05, 0) is 31.0 Å². The molecule has 0 fully saturated rings. The maximum Gasteiger partial charge on any atom is 0.0796 e. The van der Waals surface area contributed by atoms with E-state index in [4.69, 9.17) is 4.74 Å². The first-order chi connectivity index (χ1) is 6.74. The Morgan fingerprint density at radius 1 is 1.29 bits per heavy atom. The van der Waals surface area contributed by atoms with Gasteiger partial charge in [0.2, 0.25) is 0 Å². The van der Waals surface area contributed by atoms with E-state index in [9.17, 15) is 0 Å². The van der Waals surface area contributed by atoms with Crippen LogP contribution in [0.4, 0.5) is 0 Å². The smallest absolute Gasteiger partial charge is 0.0796 e. The van der Waals surface area contributed by atoms with Crippen LogP contribution in [0.25, 0.3) is 0 Å². The van der Waals surface area contributed by atoms with Crippen molar-refractivity contribution in [2.24, 2.45) is 0 Å². The van der Waals surface area contributed by atoms with E-state index >= 15 is 0 Å². The molecular weight excluding hydrogens is 240 g/mol. The van der Waals surface area contributed by atoms with Crippen LogP contribution in [0.3, 0.4) is 0 Å². The maximum absolute atomic E-state index is 5.69. The van der Waals surface area contributed by atoms with Gasteiger partial charge in [0.25, 0.3) is 0 Å². The lowest BCUT2D eigenvalue weighted by atomic mass is 10.1. The summed E-state index contributed by atoms with van der Waals surface area (Å²) in [4.78, 5) is 0. The Bertz CT molecular complexity index is 256. The van der Waals surface area contributed by atoms with Crippen molar-refractivity contribution in [3.05, 3.63) is 34.3 Å². The summed E-state index contributed by atoms with van der Waals surface area (Å²) in [7, 11) is 0. The number of hydrogen-bond donors (Lipinski definition) is 0. The number of unbranched alkanes of at least 4 members (excludes halogenated alkanes) is 1. The minimum absolute atomic E-state index is 0.203. The van der Waals surface area contributed by atoms with E-state index in [0.29, 0.717) is 0 Å². The molecule has 0 aliphatic carbocycles. The third-order valence-electron chi connectivity index (χ3n) is 2.21. The SMILES string of the molecule is CCCCO[C@H](C)c1ccc(Br)cc1. The van der Waals surface area contributed by atoms with E-state index < -0.39 is 0 Å². The second kappa shape index (κ2) is 6.20. The Kier molecular flexibility index (Phi) is 5.20. The van der Waals surface area contributed by atoms with Gasteiger partial charge in [0.1, 0.15) is 0 Å². The van der Waals surface area contributed by atoms with Crippen molar-refractivity contribution in [2.45, 2.75) is 32.8 Å². The normalized spacial score (nSPS) is 12.8. The van der Waals surface area contributed by atoms with Crippen LogP contribution in [-0.2, 0) is 4.74 Å². The Balaban J connectivity index is 2.43. The predicted molar refractivity (Wildman–Crippen MR) is 63.4 cm³/mol. The highest BCUT2D eigenvalue weighted by molar-refractivity contribution is 9.10. The first-order valence-electron chi connectivity index (χ1n) is 5.11. The summed E-state index contributed by atoms with van der Waals surface area (Å²) < 4.78 is 6.81. The van der Waals surface area contributed by atoms with Gasteiger partial charge in [0.05, 0.1) is 6.10 Å². The molecule has 0 aliphatic rings. The quantitative estimate of drug-likeness (QED) is 0.713. The molecule has 0 heterocycles. The molecule has 1 aromatic carbocycles. The fourth-order valence-corrected chi connectivity index (χ4v) is 1.50. The Labute approximate surface area is 94.6 Å². The molecule has 0 unspecified atom stereocenters. The summed E-state index contributed by atoms with van der Waals surface area (Å²) in [6, 6.07) is 8.30. The number of benzene rings is 1. The molecule has 0 saturated heterocycles. The standard InChI is InChI=1S/C12H17BrO/c1-3-4-9-14-10(2)11-5-7-12(13)8-6-11/h5-8,10H,3-4,9H2,1-2H3/t10-/m1/s1. The molecule has 78 valence electrons. The van der Waals surface area contributed by atoms with Crippen LogP contribution in [0.2, 0.25) is 0 Å². The highest BCUT2D eigenvalue weighted by Gasteiger charge is 2.04. The van der Waals surface area contributed by atoms with E-state index in [1.165, 1.54) is 12.0 Å². The molecule has 0 radical (unpaired) electrons. The second-order valence-corrected chi connectivity index (χ2v) is 4.33. The lowest BCUT2D eigenvalue weighted by Gasteiger charge is -2.12. The third-order valence-corrected chi connectivity index (χ3v) is 2.73. The van der Waals surface area contributed by atoms with Crippen molar-refractivity contribution >= 4 is 15.9 Å². The summed E-state index contributed by atoms with van der Waals surface area (Å²) in [5, 5.41) is 0. The third kappa shape index (κ3) is 3.81. The molecule has 0 aromatic heterocycles. The molecule has 1 rings (SSSR count). The van der Waals surface area contributed by atoms with E-state index in [1.807, 2.05) is 0 Å².